The zero-order valence-corrected chi connectivity index (χ0v) is 19.5. The molecule has 0 unspecified atom stereocenters. The van der Waals surface area contributed by atoms with Crippen LogP contribution in [0.3, 0.4) is 0 Å². The Morgan fingerprint density at radius 2 is 1.82 bits per heavy atom. The molecule has 0 saturated heterocycles. The molecule has 4 rings (SSSR count). The normalized spacial score (nSPS) is 13.2. The number of methoxy groups -OCH3 is 1. The van der Waals surface area contributed by atoms with Crippen LogP contribution in [0.1, 0.15) is 43.7 Å². The topological polar surface area (TPSA) is 65.6 Å². The minimum absolute atomic E-state index is 0.00186. The van der Waals surface area contributed by atoms with Crippen molar-refractivity contribution < 1.29 is 14.3 Å². The van der Waals surface area contributed by atoms with Crippen LogP contribution in [0.2, 0.25) is 0 Å². The highest BCUT2D eigenvalue weighted by Gasteiger charge is 2.34. The molecular weight excluding hydrogens is 414 g/mol. The van der Waals surface area contributed by atoms with Gasteiger partial charge in [0.25, 0.3) is 0 Å². The Morgan fingerprint density at radius 1 is 1.06 bits per heavy atom. The van der Waals surface area contributed by atoms with Gasteiger partial charge in [0.15, 0.2) is 0 Å². The van der Waals surface area contributed by atoms with Crippen molar-refractivity contribution in [2.24, 2.45) is 0 Å². The van der Waals surface area contributed by atoms with Gasteiger partial charge >= 0.3 is 0 Å². The molecule has 6 heteroatoms. The Labute approximate surface area is 195 Å². The Morgan fingerprint density at radius 3 is 2.52 bits per heavy atom. The number of carbonyl (C=O) groups excluding carboxylic acids is 2. The number of benzene rings is 2. The number of aromatic nitrogens is 1. The van der Waals surface area contributed by atoms with Crippen LogP contribution in [0.15, 0.2) is 54.7 Å². The average molecular weight is 448 g/mol. The Hall–Kier alpha value is -3.28. The van der Waals surface area contributed by atoms with Gasteiger partial charge in [-0.2, -0.15) is 0 Å². The van der Waals surface area contributed by atoms with E-state index in [0.29, 0.717) is 19.5 Å². The number of nitrogens with one attached hydrogen (secondary N) is 1. The molecule has 2 aromatic carbocycles. The summed E-state index contributed by atoms with van der Waals surface area (Å²) in [5, 5.41) is 1.19. The predicted molar refractivity (Wildman–Crippen MR) is 130 cm³/mol. The summed E-state index contributed by atoms with van der Waals surface area (Å²) in [6.07, 6.45) is 6.07. The van der Waals surface area contributed by atoms with E-state index < -0.39 is 0 Å². The average Bonchev–Trinajstić information content (AvgIpc) is 3.60. The first-order valence-electron chi connectivity index (χ1n) is 11.8. The molecule has 1 N–H and O–H groups in total. The molecule has 1 aromatic heterocycles. The number of carbonyl (C=O) groups is 2. The van der Waals surface area contributed by atoms with E-state index in [1.54, 1.807) is 12.0 Å². The van der Waals surface area contributed by atoms with E-state index in [2.05, 4.69) is 17.1 Å². The minimum Gasteiger partial charge on any atom is -0.497 e. The number of aromatic amines is 1. The summed E-state index contributed by atoms with van der Waals surface area (Å²) in [5.74, 6) is 0.886. The molecule has 6 nitrogen and oxygen atoms in total. The molecule has 33 heavy (non-hydrogen) atoms. The van der Waals surface area contributed by atoms with E-state index >= 15 is 0 Å². The summed E-state index contributed by atoms with van der Waals surface area (Å²) in [4.78, 5) is 33.1. The first-order chi connectivity index (χ1) is 16.1. The van der Waals surface area contributed by atoms with Crippen molar-refractivity contribution >= 4 is 22.7 Å². The van der Waals surface area contributed by atoms with E-state index in [4.69, 9.17) is 4.74 Å². The number of para-hydroxylation sites is 1. The van der Waals surface area contributed by atoms with E-state index in [9.17, 15) is 9.59 Å². The number of hydrogen-bond acceptors (Lipinski definition) is 3. The molecule has 0 atom stereocenters. The highest BCUT2D eigenvalue weighted by molar-refractivity contribution is 5.86. The summed E-state index contributed by atoms with van der Waals surface area (Å²) in [6.45, 7) is 3.26. The van der Waals surface area contributed by atoms with Gasteiger partial charge in [-0.3, -0.25) is 9.59 Å². The maximum absolute atomic E-state index is 13.4. The number of hydrogen-bond donors (Lipinski definition) is 1. The SMILES string of the molecule is CCCC(=O)N(CC(=O)N(CCc1c[nH]c2ccccc12)Cc1ccc(OC)cc1)C1CC1. The third kappa shape index (κ3) is 5.75. The quantitative estimate of drug-likeness (QED) is 0.469. The van der Waals surface area contributed by atoms with Crippen molar-refractivity contribution in [3.05, 3.63) is 65.9 Å². The summed E-state index contributed by atoms with van der Waals surface area (Å²) in [6, 6.07) is 16.3. The van der Waals surface area contributed by atoms with Gasteiger partial charge in [0.1, 0.15) is 12.3 Å². The van der Waals surface area contributed by atoms with Gasteiger partial charge < -0.3 is 19.5 Å². The number of rotatable bonds is 11. The smallest absolute Gasteiger partial charge is 0.242 e. The van der Waals surface area contributed by atoms with Gasteiger partial charge in [-0.05, 0) is 55.0 Å². The second kappa shape index (κ2) is 10.6. The van der Waals surface area contributed by atoms with Crippen molar-refractivity contribution in [3.8, 4) is 5.75 Å². The molecule has 174 valence electrons. The van der Waals surface area contributed by atoms with Crippen molar-refractivity contribution in [2.75, 3.05) is 20.2 Å². The molecule has 3 aromatic rings. The molecule has 2 amide bonds. The number of ether oxygens (including phenoxy) is 1. The lowest BCUT2D eigenvalue weighted by atomic mass is 10.1. The van der Waals surface area contributed by atoms with Crippen molar-refractivity contribution in [3.63, 3.8) is 0 Å². The van der Waals surface area contributed by atoms with Crippen LogP contribution in [-0.4, -0.2) is 52.8 Å². The largest absolute Gasteiger partial charge is 0.497 e. The van der Waals surface area contributed by atoms with Crippen LogP contribution >= 0.6 is 0 Å². The number of fused-ring (bicyclic) bond motifs is 1. The molecule has 0 spiro atoms. The van der Waals surface area contributed by atoms with Gasteiger partial charge in [-0.25, -0.2) is 0 Å². The molecule has 1 fully saturated rings. The molecule has 1 aliphatic carbocycles. The standard InChI is InChI=1S/C27H33N3O3/c1-3-6-26(31)30(22-11-12-22)19-27(32)29(18-20-9-13-23(33-2)14-10-20)16-15-21-17-28-25-8-5-4-7-24(21)25/h4-5,7-10,13-14,17,22,28H,3,6,11-12,15-16,18-19H2,1-2H3. The number of H-pyrrole nitrogens is 1. The lowest BCUT2D eigenvalue weighted by Gasteiger charge is -2.28. The van der Waals surface area contributed by atoms with Gasteiger partial charge in [0, 0.05) is 42.7 Å². The summed E-state index contributed by atoms with van der Waals surface area (Å²) in [5.41, 5.74) is 3.34. The Bertz CT molecular complexity index is 1090. The molecule has 1 aliphatic rings. The Balaban J connectivity index is 1.50. The predicted octanol–water partition coefficient (Wildman–Crippen LogP) is 4.54. The Kier molecular flexibility index (Phi) is 7.33. The van der Waals surface area contributed by atoms with Crippen LogP contribution in [0, 0.1) is 0 Å². The zero-order valence-electron chi connectivity index (χ0n) is 19.5. The molecule has 1 saturated carbocycles. The van der Waals surface area contributed by atoms with Crippen LogP contribution in [0.4, 0.5) is 0 Å². The van der Waals surface area contributed by atoms with Gasteiger partial charge in [0.05, 0.1) is 7.11 Å². The third-order valence-electron chi connectivity index (χ3n) is 6.29. The third-order valence-corrected chi connectivity index (χ3v) is 6.29. The number of amides is 2. The van der Waals surface area contributed by atoms with E-state index in [-0.39, 0.29) is 24.4 Å². The van der Waals surface area contributed by atoms with Crippen molar-refractivity contribution in [2.45, 2.75) is 51.6 Å². The lowest BCUT2D eigenvalue weighted by molar-refractivity contribution is -0.141. The van der Waals surface area contributed by atoms with Gasteiger partial charge in [-0.1, -0.05) is 37.3 Å². The van der Waals surface area contributed by atoms with Crippen LogP contribution in [-0.2, 0) is 22.6 Å². The maximum atomic E-state index is 13.4. The van der Waals surface area contributed by atoms with E-state index in [1.807, 2.05) is 54.4 Å². The fourth-order valence-corrected chi connectivity index (χ4v) is 4.25. The molecule has 0 radical (unpaired) electrons. The molecule has 0 bridgehead atoms. The van der Waals surface area contributed by atoms with Gasteiger partial charge in [0.2, 0.25) is 11.8 Å². The summed E-state index contributed by atoms with van der Waals surface area (Å²) >= 11 is 0. The fourth-order valence-electron chi connectivity index (χ4n) is 4.25. The second-order valence-corrected chi connectivity index (χ2v) is 8.78. The maximum Gasteiger partial charge on any atom is 0.242 e. The molecule has 0 aliphatic heterocycles. The first kappa shape index (κ1) is 22.9. The molecular formula is C27H33N3O3. The highest BCUT2D eigenvalue weighted by Crippen LogP contribution is 2.28. The van der Waals surface area contributed by atoms with E-state index in [0.717, 1.165) is 42.5 Å². The van der Waals surface area contributed by atoms with E-state index in [1.165, 1.54) is 10.9 Å². The van der Waals surface area contributed by atoms with Crippen LogP contribution < -0.4 is 4.74 Å². The number of nitrogens with zero attached hydrogens (tertiary/aromatic N) is 2. The summed E-state index contributed by atoms with van der Waals surface area (Å²) in [7, 11) is 1.64. The first-order valence-corrected chi connectivity index (χ1v) is 11.8. The zero-order chi connectivity index (χ0) is 23.2. The van der Waals surface area contributed by atoms with Crippen LogP contribution in [0.25, 0.3) is 10.9 Å². The molecule has 1 heterocycles. The van der Waals surface area contributed by atoms with Crippen LogP contribution in [0.5, 0.6) is 5.75 Å². The lowest BCUT2D eigenvalue weighted by Crippen LogP contribution is -2.44. The minimum atomic E-state index is 0.00186. The van der Waals surface area contributed by atoms with Crippen molar-refractivity contribution in [1.82, 2.24) is 14.8 Å². The highest BCUT2D eigenvalue weighted by atomic mass is 16.5. The monoisotopic (exact) mass is 447 g/mol. The fraction of sp³-hybridized carbons (Fsp3) is 0.407. The summed E-state index contributed by atoms with van der Waals surface area (Å²) < 4.78 is 5.27. The van der Waals surface area contributed by atoms with Gasteiger partial charge in [-0.15, -0.1) is 0 Å². The van der Waals surface area contributed by atoms with Crippen molar-refractivity contribution in [1.29, 1.82) is 0 Å². The second-order valence-electron chi connectivity index (χ2n) is 8.78.